The molecule has 19 heavy (non-hydrogen) atoms. The molecule has 2 rings (SSSR count). The fourth-order valence-corrected chi connectivity index (χ4v) is 2.18. The maximum absolute atomic E-state index is 12.5. The topological polar surface area (TPSA) is 32.3 Å². The lowest BCUT2D eigenvalue weighted by molar-refractivity contribution is 0.0735. The summed E-state index contributed by atoms with van der Waals surface area (Å²) in [5.41, 5.74) is 1.84. The second-order valence-corrected chi connectivity index (χ2v) is 5.74. The van der Waals surface area contributed by atoms with Gasteiger partial charge in [0, 0.05) is 30.9 Å². The highest BCUT2D eigenvalue weighted by Gasteiger charge is 2.32. The van der Waals surface area contributed by atoms with E-state index in [9.17, 15) is 4.79 Å². The first-order valence-corrected chi connectivity index (χ1v) is 7.20. The summed E-state index contributed by atoms with van der Waals surface area (Å²) in [6.07, 6.45) is 3.41. The smallest absolute Gasteiger partial charge is 0.254 e. The molecule has 1 saturated carbocycles. The molecular formula is C16H24N2O. The Kier molecular flexibility index (Phi) is 4.46. The average Bonchev–Trinajstić information content (AvgIpc) is 3.23. The van der Waals surface area contributed by atoms with E-state index in [-0.39, 0.29) is 5.91 Å². The van der Waals surface area contributed by atoms with Crippen LogP contribution in [0.25, 0.3) is 0 Å². The standard InChI is InChI=1S/C16H24N2O/c1-12(2)10-11-18(15-8-9-15)16(19)13-4-6-14(17-3)7-5-13/h4-7,12,15,17H,8-11H2,1-3H3. The molecule has 0 unspecified atom stereocenters. The Morgan fingerprint density at radius 1 is 1.32 bits per heavy atom. The van der Waals surface area contributed by atoms with Crippen molar-refractivity contribution < 1.29 is 4.79 Å². The number of nitrogens with zero attached hydrogens (tertiary/aromatic N) is 1. The zero-order chi connectivity index (χ0) is 13.8. The van der Waals surface area contributed by atoms with Crippen LogP contribution in [0.3, 0.4) is 0 Å². The van der Waals surface area contributed by atoms with Crippen LogP contribution in [0, 0.1) is 5.92 Å². The van der Waals surface area contributed by atoms with Crippen molar-refractivity contribution in [2.24, 2.45) is 5.92 Å². The van der Waals surface area contributed by atoms with Crippen molar-refractivity contribution in [2.45, 2.75) is 39.2 Å². The maximum Gasteiger partial charge on any atom is 0.254 e. The quantitative estimate of drug-likeness (QED) is 0.850. The van der Waals surface area contributed by atoms with Crippen LogP contribution in [0.1, 0.15) is 43.5 Å². The summed E-state index contributed by atoms with van der Waals surface area (Å²) >= 11 is 0. The van der Waals surface area contributed by atoms with E-state index < -0.39 is 0 Å². The zero-order valence-electron chi connectivity index (χ0n) is 12.1. The summed E-state index contributed by atoms with van der Waals surface area (Å²) in [7, 11) is 1.88. The lowest BCUT2D eigenvalue weighted by Crippen LogP contribution is -2.34. The van der Waals surface area contributed by atoms with Gasteiger partial charge < -0.3 is 10.2 Å². The van der Waals surface area contributed by atoms with E-state index >= 15 is 0 Å². The summed E-state index contributed by atoms with van der Waals surface area (Å²) in [5.74, 6) is 0.825. The predicted octanol–water partition coefficient (Wildman–Crippen LogP) is 3.38. The molecule has 1 aliphatic rings. The normalized spacial score (nSPS) is 14.5. The first kappa shape index (κ1) is 13.9. The molecule has 3 nitrogen and oxygen atoms in total. The zero-order valence-corrected chi connectivity index (χ0v) is 12.1. The highest BCUT2D eigenvalue weighted by atomic mass is 16.2. The van der Waals surface area contributed by atoms with Gasteiger partial charge in [0.15, 0.2) is 0 Å². The van der Waals surface area contributed by atoms with Crippen LogP contribution in [0.2, 0.25) is 0 Å². The van der Waals surface area contributed by atoms with Gasteiger partial charge in [0.25, 0.3) is 5.91 Å². The molecule has 0 aromatic heterocycles. The molecule has 0 heterocycles. The van der Waals surface area contributed by atoms with Gasteiger partial charge in [-0.1, -0.05) is 13.8 Å². The third-order valence-electron chi connectivity index (χ3n) is 3.62. The second kappa shape index (κ2) is 6.09. The van der Waals surface area contributed by atoms with E-state index in [4.69, 9.17) is 0 Å². The molecule has 0 radical (unpaired) electrons. The summed E-state index contributed by atoms with van der Waals surface area (Å²) in [6.45, 7) is 5.30. The van der Waals surface area contributed by atoms with E-state index in [1.165, 1.54) is 12.8 Å². The summed E-state index contributed by atoms with van der Waals surface area (Å²) < 4.78 is 0. The van der Waals surface area contributed by atoms with E-state index in [1.54, 1.807) is 0 Å². The van der Waals surface area contributed by atoms with Crippen molar-refractivity contribution in [2.75, 3.05) is 18.9 Å². The molecule has 1 N–H and O–H groups in total. The molecule has 3 heteroatoms. The Morgan fingerprint density at radius 2 is 1.95 bits per heavy atom. The molecular weight excluding hydrogens is 236 g/mol. The fourth-order valence-electron chi connectivity index (χ4n) is 2.18. The summed E-state index contributed by atoms with van der Waals surface area (Å²) in [5, 5.41) is 3.07. The number of anilines is 1. The molecule has 0 atom stereocenters. The van der Waals surface area contributed by atoms with Crippen molar-refractivity contribution in [3.63, 3.8) is 0 Å². The van der Waals surface area contributed by atoms with Gasteiger partial charge >= 0.3 is 0 Å². The molecule has 1 aromatic carbocycles. The van der Waals surface area contributed by atoms with Crippen LogP contribution in [0.4, 0.5) is 5.69 Å². The van der Waals surface area contributed by atoms with E-state index in [0.29, 0.717) is 12.0 Å². The van der Waals surface area contributed by atoms with E-state index in [2.05, 4.69) is 24.1 Å². The van der Waals surface area contributed by atoms with Gasteiger partial charge in [-0.05, 0) is 49.4 Å². The number of nitrogens with one attached hydrogen (secondary N) is 1. The number of benzene rings is 1. The lowest BCUT2D eigenvalue weighted by atomic mass is 10.1. The maximum atomic E-state index is 12.5. The Balaban J connectivity index is 2.05. The minimum atomic E-state index is 0.186. The SMILES string of the molecule is CNc1ccc(C(=O)N(CCC(C)C)C2CC2)cc1. The van der Waals surface area contributed by atoms with Crippen molar-refractivity contribution in [3.8, 4) is 0 Å². The Labute approximate surface area is 116 Å². The lowest BCUT2D eigenvalue weighted by Gasteiger charge is -2.23. The molecule has 0 saturated heterocycles. The number of rotatable bonds is 6. The first-order valence-electron chi connectivity index (χ1n) is 7.20. The van der Waals surface area contributed by atoms with E-state index in [0.717, 1.165) is 24.2 Å². The number of amides is 1. The monoisotopic (exact) mass is 260 g/mol. The predicted molar refractivity (Wildman–Crippen MR) is 79.5 cm³/mol. The third-order valence-corrected chi connectivity index (χ3v) is 3.62. The molecule has 0 bridgehead atoms. The Morgan fingerprint density at radius 3 is 2.42 bits per heavy atom. The first-order chi connectivity index (χ1) is 9.11. The van der Waals surface area contributed by atoms with Gasteiger partial charge in [-0.2, -0.15) is 0 Å². The highest BCUT2D eigenvalue weighted by Crippen LogP contribution is 2.29. The van der Waals surface area contributed by atoms with Crippen LogP contribution in [0.5, 0.6) is 0 Å². The molecule has 0 aliphatic heterocycles. The number of hydrogen-bond donors (Lipinski definition) is 1. The average molecular weight is 260 g/mol. The second-order valence-electron chi connectivity index (χ2n) is 5.74. The third kappa shape index (κ3) is 3.72. The number of hydrogen-bond acceptors (Lipinski definition) is 2. The number of carbonyl (C=O) groups excluding carboxylic acids is 1. The van der Waals surface area contributed by atoms with Crippen LogP contribution in [-0.4, -0.2) is 30.4 Å². The van der Waals surface area contributed by atoms with Gasteiger partial charge in [-0.15, -0.1) is 0 Å². The molecule has 1 aliphatic carbocycles. The van der Waals surface area contributed by atoms with Crippen LogP contribution < -0.4 is 5.32 Å². The Hall–Kier alpha value is -1.51. The molecule has 1 aromatic rings. The van der Waals surface area contributed by atoms with E-state index in [1.807, 2.05) is 31.3 Å². The fraction of sp³-hybridized carbons (Fsp3) is 0.562. The van der Waals surface area contributed by atoms with Gasteiger partial charge in [0.2, 0.25) is 0 Å². The van der Waals surface area contributed by atoms with Crippen molar-refractivity contribution >= 4 is 11.6 Å². The van der Waals surface area contributed by atoms with Crippen LogP contribution in [-0.2, 0) is 0 Å². The summed E-state index contributed by atoms with van der Waals surface area (Å²) in [6, 6.07) is 8.23. The number of carbonyl (C=O) groups is 1. The van der Waals surface area contributed by atoms with Crippen molar-refractivity contribution in [1.82, 2.24) is 4.90 Å². The van der Waals surface area contributed by atoms with Gasteiger partial charge in [0.05, 0.1) is 0 Å². The Bertz CT molecular complexity index is 421. The van der Waals surface area contributed by atoms with Gasteiger partial charge in [0.1, 0.15) is 0 Å². The largest absolute Gasteiger partial charge is 0.388 e. The van der Waals surface area contributed by atoms with Gasteiger partial charge in [-0.25, -0.2) is 0 Å². The van der Waals surface area contributed by atoms with Crippen molar-refractivity contribution in [1.29, 1.82) is 0 Å². The van der Waals surface area contributed by atoms with Gasteiger partial charge in [-0.3, -0.25) is 4.79 Å². The molecule has 0 spiro atoms. The molecule has 104 valence electrons. The van der Waals surface area contributed by atoms with Crippen LogP contribution >= 0.6 is 0 Å². The summed E-state index contributed by atoms with van der Waals surface area (Å²) in [4.78, 5) is 14.6. The van der Waals surface area contributed by atoms with Crippen LogP contribution in [0.15, 0.2) is 24.3 Å². The highest BCUT2D eigenvalue weighted by molar-refractivity contribution is 5.95. The molecule has 1 fully saturated rings. The minimum absolute atomic E-state index is 0.186. The minimum Gasteiger partial charge on any atom is -0.388 e. The van der Waals surface area contributed by atoms with Crippen molar-refractivity contribution in [3.05, 3.63) is 29.8 Å². The molecule has 1 amide bonds.